The SMILES string of the molecule is CCNC(=NCCCCCOC1CCCCC1)N1CCN(C(C)=O)CC1. The Kier molecular flexibility index (Phi) is 9.82. The molecule has 0 aromatic heterocycles. The minimum atomic E-state index is 0.169. The van der Waals surface area contributed by atoms with E-state index in [1.807, 2.05) is 4.90 Å². The topological polar surface area (TPSA) is 57.2 Å². The first-order valence-electron chi connectivity index (χ1n) is 10.6. The lowest BCUT2D eigenvalue weighted by Crippen LogP contribution is -2.53. The highest BCUT2D eigenvalue weighted by molar-refractivity contribution is 5.80. The number of guanidine groups is 1. The molecule has 6 heteroatoms. The monoisotopic (exact) mass is 366 g/mol. The number of carbonyl (C=O) groups excluding carboxylic acids is 1. The molecular formula is C20H38N4O2. The second kappa shape index (κ2) is 12.2. The smallest absolute Gasteiger partial charge is 0.219 e. The average molecular weight is 367 g/mol. The van der Waals surface area contributed by atoms with Crippen LogP contribution in [0.5, 0.6) is 0 Å². The third kappa shape index (κ3) is 7.52. The van der Waals surface area contributed by atoms with Crippen LogP contribution >= 0.6 is 0 Å². The number of nitrogens with zero attached hydrogens (tertiary/aromatic N) is 3. The van der Waals surface area contributed by atoms with Gasteiger partial charge in [0.25, 0.3) is 0 Å². The van der Waals surface area contributed by atoms with E-state index in [-0.39, 0.29) is 5.91 Å². The van der Waals surface area contributed by atoms with E-state index in [1.165, 1.54) is 38.5 Å². The Labute approximate surface area is 159 Å². The van der Waals surface area contributed by atoms with Crippen molar-refractivity contribution in [2.24, 2.45) is 4.99 Å². The van der Waals surface area contributed by atoms with Crippen LogP contribution in [0.4, 0.5) is 0 Å². The summed E-state index contributed by atoms with van der Waals surface area (Å²) in [4.78, 5) is 20.4. The van der Waals surface area contributed by atoms with Gasteiger partial charge in [0.2, 0.25) is 5.91 Å². The van der Waals surface area contributed by atoms with Crippen molar-refractivity contribution < 1.29 is 9.53 Å². The van der Waals surface area contributed by atoms with Crippen LogP contribution in [0.25, 0.3) is 0 Å². The molecule has 1 saturated carbocycles. The molecule has 1 amide bonds. The van der Waals surface area contributed by atoms with Gasteiger partial charge in [0.15, 0.2) is 5.96 Å². The molecule has 1 aliphatic heterocycles. The van der Waals surface area contributed by atoms with Crippen LogP contribution in [0.3, 0.4) is 0 Å². The number of carbonyl (C=O) groups is 1. The molecule has 0 spiro atoms. The predicted octanol–water partition coefficient (Wildman–Crippen LogP) is 2.64. The maximum absolute atomic E-state index is 11.5. The predicted molar refractivity (Wildman–Crippen MR) is 106 cm³/mol. The standard InChI is InChI=1S/C20H38N4O2/c1-3-21-20(24-15-13-23(14-16-24)18(2)25)22-12-8-5-9-17-26-19-10-6-4-7-11-19/h19H,3-17H2,1-2H3,(H,21,22). The molecule has 1 aliphatic carbocycles. The fraction of sp³-hybridized carbons (Fsp3) is 0.900. The van der Waals surface area contributed by atoms with Gasteiger partial charge in [0.1, 0.15) is 0 Å². The molecule has 0 aromatic carbocycles. The highest BCUT2D eigenvalue weighted by Gasteiger charge is 2.20. The van der Waals surface area contributed by atoms with E-state index < -0.39 is 0 Å². The van der Waals surface area contributed by atoms with Crippen LogP contribution in [0.2, 0.25) is 0 Å². The Morgan fingerprint density at radius 3 is 2.38 bits per heavy atom. The summed E-state index contributed by atoms with van der Waals surface area (Å²) in [5, 5.41) is 3.39. The number of aliphatic imine (C=N–C) groups is 1. The highest BCUT2D eigenvalue weighted by Crippen LogP contribution is 2.20. The fourth-order valence-corrected chi connectivity index (χ4v) is 3.72. The van der Waals surface area contributed by atoms with Crippen LogP contribution in [0, 0.1) is 0 Å². The van der Waals surface area contributed by atoms with Crippen molar-refractivity contribution in [1.29, 1.82) is 0 Å². The number of ether oxygens (including phenoxy) is 1. The zero-order chi connectivity index (χ0) is 18.6. The van der Waals surface area contributed by atoms with E-state index in [1.54, 1.807) is 6.92 Å². The summed E-state index contributed by atoms with van der Waals surface area (Å²) in [6.45, 7) is 9.69. The minimum Gasteiger partial charge on any atom is -0.378 e. The van der Waals surface area contributed by atoms with Gasteiger partial charge in [-0.2, -0.15) is 0 Å². The number of piperazine rings is 1. The summed E-state index contributed by atoms with van der Waals surface area (Å²) in [6.07, 6.45) is 10.5. The Morgan fingerprint density at radius 1 is 1.04 bits per heavy atom. The first-order valence-corrected chi connectivity index (χ1v) is 10.6. The first kappa shape index (κ1) is 21.0. The van der Waals surface area contributed by atoms with Crippen molar-refractivity contribution in [3.63, 3.8) is 0 Å². The maximum atomic E-state index is 11.5. The molecule has 0 atom stereocenters. The Balaban J connectivity index is 1.60. The zero-order valence-electron chi connectivity index (χ0n) is 16.8. The molecule has 1 heterocycles. The summed E-state index contributed by atoms with van der Waals surface area (Å²) >= 11 is 0. The van der Waals surface area contributed by atoms with Crippen molar-refractivity contribution in [2.45, 2.75) is 71.3 Å². The van der Waals surface area contributed by atoms with E-state index in [0.29, 0.717) is 6.10 Å². The zero-order valence-corrected chi connectivity index (χ0v) is 16.8. The van der Waals surface area contributed by atoms with E-state index in [9.17, 15) is 4.79 Å². The van der Waals surface area contributed by atoms with Crippen LogP contribution in [-0.4, -0.2) is 73.6 Å². The quantitative estimate of drug-likeness (QED) is 0.408. The molecule has 0 unspecified atom stereocenters. The van der Waals surface area contributed by atoms with Gasteiger partial charge < -0.3 is 19.9 Å². The van der Waals surface area contributed by atoms with Gasteiger partial charge in [-0.25, -0.2) is 0 Å². The lowest BCUT2D eigenvalue weighted by molar-refractivity contribution is -0.130. The molecule has 2 rings (SSSR count). The molecule has 0 radical (unpaired) electrons. The molecule has 0 aromatic rings. The van der Waals surface area contributed by atoms with Crippen molar-refractivity contribution in [1.82, 2.24) is 15.1 Å². The Morgan fingerprint density at radius 2 is 1.73 bits per heavy atom. The van der Waals surface area contributed by atoms with Gasteiger partial charge in [-0.15, -0.1) is 0 Å². The number of amides is 1. The van der Waals surface area contributed by atoms with Crippen LogP contribution in [-0.2, 0) is 9.53 Å². The van der Waals surface area contributed by atoms with Gasteiger partial charge in [-0.3, -0.25) is 9.79 Å². The number of hydrogen-bond acceptors (Lipinski definition) is 3. The van der Waals surface area contributed by atoms with Gasteiger partial charge in [0.05, 0.1) is 6.10 Å². The average Bonchev–Trinajstić information content (AvgIpc) is 2.67. The van der Waals surface area contributed by atoms with E-state index in [4.69, 9.17) is 9.73 Å². The lowest BCUT2D eigenvalue weighted by Gasteiger charge is -2.36. The molecule has 1 N–H and O–H groups in total. The fourth-order valence-electron chi connectivity index (χ4n) is 3.72. The second-order valence-corrected chi connectivity index (χ2v) is 7.42. The third-order valence-corrected chi connectivity index (χ3v) is 5.33. The lowest BCUT2D eigenvalue weighted by atomic mass is 9.98. The summed E-state index contributed by atoms with van der Waals surface area (Å²) in [6, 6.07) is 0. The Bertz CT molecular complexity index is 428. The maximum Gasteiger partial charge on any atom is 0.219 e. The summed E-state index contributed by atoms with van der Waals surface area (Å²) in [5.41, 5.74) is 0. The number of rotatable bonds is 8. The van der Waals surface area contributed by atoms with Crippen LogP contribution < -0.4 is 5.32 Å². The van der Waals surface area contributed by atoms with Gasteiger partial charge in [0, 0.05) is 52.8 Å². The molecule has 150 valence electrons. The van der Waals surface area contributed by atoms with E-state index in [0.717, 1.165) is 64.7 Å². The van der Waals surface area contributed by atoms with Gasteiger partial charge in [-0.05, 0) is 39.0 Å². The highest BCUT2D eigenvalue weighted by atomic mass is 16.5. The Hall–Kier alpha value is -1.30. The van der Waals surface area contributed by atoms with Crippen LogP contribution in [0.15, 0.2) is 4.99 Å². The molecule has 2 fully saturated rings. The molecule has 2 aliphatic rings. The first-order chi connectivity index (χ1) is 12.7. The second-order valence-electron chi connectivity index (χ2n) is 7.42. The normalized spacial score (nSPS) is 19.7. The van der Waals surface area contributed by atoms with Crippen molar-refractivity contribution >= 4 is 11.9 Å². The van der Waals surface area contributed by atoms with Gasteiger partial charge >= 0.3 is 0 Å². The van der Waals surface area contributed by atoms with Crippen LogP contribution in [0.1, 0.15) is 65.2 Å². The van der Waals surface area contributed by atoms with Gasteiger partial charge in [-0.1, -0.05) is 19.3 Å². The van der Waals surface area contributed by atoms with E-state index >= 15 is 0 Å². The van der Waals surface area contributed by atoms with E-state index in [2.05, 4.69) is 17.1 Å². The van der Waals surface area contributed by atoms with Crippen molar-refractivity contribution in [3.05, 3.63) is 0 Å². The summed E-state index contributed by atoms with van der Waals surface area (Å²) < 4.78 is 5.99. The largest absolute Gasteiger partial charge is 0.378 e. The van der Waals surface area contributed by atoms with Crippen molar-refractivity contribution in [2.75, 3.05) is 45.9 Å². The molecular weight excluding hydrogens is 328 g/mol. The number of hydrogen-bond donors (Lipinski definition) is 1. The van der Waals surface area contributed by atoms with Crippen molar-refractivity contribution in [3.8, 4) is 0 Å². The molecule has 0 bridgehead atoms. The number of nitrogens with one attached hydrogen (secondary N) is 1. The molecule has 1 saturated heterocycles. The molecule has 6 nitrogen and oxygen atoms in total. The minimum absolute atomic E-state index is 0.169. The summed E-state index contributed by atoms with van der Waals surface area (Å²) in [7, 11) is 0. The third-order valence-electron chi connectivity index (χ3n) is 5.33. The molecule has 26 heavy (non-hydrogen) atoms. The number of unbranched alkanes of at least 4 members (excludes halogenated alkanes) is 2. The summed E-state index contributed by atoms with van der Waals surface area (Å²) in [5.74, 6) is 1.16.